The molecule has 8 heterocycles. The molecule has 3 N–H and O–H groups in total. The summed E-state index contributed by atoms with van der Waals surface area (Å²) in [4.78, 5) is 143. The Bertz CT molecular complexity index is 5230. The van der Waals surface area contributed by atoms with Crippen molar-refractivity contribution in [3.05, 3.63) is 187 Å². The van der Waals surface area contributed by atoms with Gasteiger partial charge in [-0.1, -0.05) is 91.0 Å². The molecule has 0 aliphatic carbocycles. The second kappa shape index (κ2) is 45.3. The van der Waals surface area contributed by atoms with E-state index in [-0.39, 0.29) is 138 Å². The molecule has 39 heteroatoms. The molecule has 690 valence electrons. The van der Waals surface area contributed by atoms with E-state index >= 15 is 0 Å². The van der Waals surface area contributed by atoms with Gasteiger partial charge in [-0.15, -0.1) is 0 Å². The number of methoxy groups -OCH3 is 4. The van der Waals surface area contributed by atoms with Gasteiger partial charge in [0.05, 0.1) is 125 Å². The van der Waals surface area contributed by atoms with Crippen molar-refractivity contribution >= 4 is 122 Å². The van der Waals surface area contributed by atoms with Gasteiger partial charge in [0.2, 0.25) is 0 Å². The Morgan fingerprint density at radius 2 is 0.884 bits per heavy atom. The largest absolute Gasteiger partial charge is 0.493 e. The maximum atomic E-state index is 14.5. The molecule has 12 rings (SSSR count). The van der Waals surface area contributed by atoms with Crippen LogP contribution < -0.4 is 48.5 Å². The Kier molecular flexibility index (Phi) is 34.5. The van der Waals surface area contributed by atoms with Crippen LogP contribution in [0.4, 0.5) is 32.3 Å². The van der Waals surface area contributed by atoms with E-state index in [1.54, 1.807) is 57.2 Å². The molecule has 6 aromatic rings. The molecular formula is C90H108N10O24S4Si. The smallest absolute Gasteiger partial charge is 0.411 e. The summed E-state index contributed by atoms with van der Waals surface area (Å²) < 4.78 is 64.5. The number of aromatic nitrogens is 2. The van der Waals surface area contributed by atoms with Gasteiger partial charge < -0.3 is 76.5 Å². The maximum Gasteiger partial charge on any atom is 0.411 e. The zero-order chi connectivity index (χ0) is 93.0. The fourth-order valence-electron chi connectivity index (χ4n) is 14.9. The minimum atomic E-state index is -2.14. The van der Waals surface area contributed by atoms with Crippen molar-refractivity contribution in [3.8, 4) is 46.0 Å². The van der Waals surface area contributed by atoms with Crippen LogP contribution in [0, 0.1) is 20.2 Å². The van der Waals surface area contributed by atoms with E-state index in [0.717, 1.165) is 28.7 Å². The lowest BCUT2D eigenvalue weighted by Crippen LogP contribution is -2.46. The van der Waals surface area contributed by atoms with Gasteiger partial charge >= 0.3 is 12.2 Å². The van der Waals surface area contributed by atoms with Crippen molar-refractivity contribution in [1.82, 2.24) is 29.6 Å². The molecule has 2 aromatic heterocycles. The van der Waals surface area contributed by atoms with Crippen molar-refractivity contribution in [2.45, 2.75) is 150 Å². The van der Waals surface area contributed by atoms with Crippen LogP contribution in [0.15, 0.2) is 144 Å². The number of rotatable bonds is 40. The average molecular weight is 1870 g/mol. The van der Waals surface area contributed by atoms with Gasteiger partial charge in [0.1, 0.15) is 35.7 Å². The number of amides is 6. The highest BCUT2D eigenvalue weighted by molar-refractivity contribution is 8.77. The van der Waals surface area contributed by atoms with Gasteiger partial charge in [0.25, 0.3) is 35.0 Å². The summed E-state index contributed by atoms with van der Waals surface area (Å²) in [5, 5.41) is 38.3. The number of aliphatic hydroxyl groups excluding tert-OH is 1. The van der Waals surface area contributed by atoms with Gasteiger partial charge in [-0.3, -0.25) is 59.6 Å². The summed E-state index contributed by atoms with van der Waals surface area (Å²) >= 11 is 0. The monoisotopic (exact) mass is 1870 g/mol. The molecule has 129 heavy (non-hydrogen) atoms. The highest BCUT2D eigenvalue weighted by atomic mass is 33.1. The Morgan fingerprint density at radius 3 is 1.25 bits per heavy atom. The zero-order valence-electron chi connectivity index (χ0n) is 73.7. The summed E-state index contributed by atoms with van der Waals surface area (Å²) in [5.41, 5.74) is 5.84. The van der Waals surface area contributed by atoms with Gasteiger partial charge in [-0.25, -0.2) is 19.6 Å². The van der Waals surface area contributed by atoms with Crippen LogP contribution >= 0.6 is 43.2 Å². The summed E-state index contributed by atoms with van der Waals surface area (Å²) in [5.74, 6) is 2.35. The van der Waals surface area contributed by atoms with Crippen molar-refractivity contribution in [3.63, 3.8) is 0 Å². The lowest BCUT2D eigenvalue weighted by molar-refractivity contribution is -0.385. The Labute approximate surface area is 764 Å². The number of hydrogen-bond acceptors (Lipinski definition) is 30. The molecule has 6 aliphatic rings. The van der Waals surface area contributed by atoms with Crippen LogP contribution in [0.5, 0.6) is 46.0 Å². The number of pyridine rings is 2. The molecule has 0 spiro atoms. The molecule has 4 fully saturated rings. The molecule has 0 bridgehead atoms. The quantitative estimate of drug-likeness (QED) is 0.00803. The van der Waals surface area contributed by atoms with Gasteiger partial charge in [-0.2, -0.15) is 0 Å². The number of benzene rings is 4. The fourth-order valence-corrected chi connectivity index (χ4v) is 19.4. The van der Waals surface area contributed by atoms with Gasteiger partial charge in [0.15, 0.2) is 65.9 Å². The number of ketones is 2. The van der Waals surface area contributed by atoms with Crippen molar-refractivity contribution < 1.29 is 105 Å². The SMILES string of the molecule is C=C1C[C@@H](CO)N(C(=O)c2cc(OC)c(OCCCCCOc3cc4c(cc3OC)C(=O)N3CC(=C)C[C@H]3C(=O)C4)cc2NC(=O)OCCSSc2ccc([N+](=O)[O-])cn2)C1.C=C1C[C@@H](CO[Si](C)(C)C(C)(C)C)N(C(=O)c2cc(OC)c(OCCCCCOc3cc4c(cc3OC)C(=O)N3CC(=C)C[C@H]3C(=O)C4)cc2NC(=O)OCCSSc2ccc([N+](=O)[O-])cn2)C1. The van der Waals surface area contributed by atoms with E-state index in [1.807, 2.05) is 0 Å². The number of hydrogen-bond donors (Lipinski definition) is 3. The van der Waals surface area contributed by atoms with E-state index in [4.69, 9.17) is 51.8 Å². The highest BCUT2D eigenvalue weighted by Crippen LogP contribution is 2.44. The number of carbonyl (C=O) groups is 8. The Balaban J connectivity index is 0.000000251. The summed E-state index contributed by atoms with van der Waals surface area (Å²) in [6.07, 6.45) is 6.95. The molecule has 4 atom stereocenters. The first-order valence-corrected chi connectivity index (χ1v) is 49.5. The van der Waals surface area contributed by atoms with Gasteiger partial charge in [-0.05, 0) is 164 Å². The average Bonchev–Trinajstić information content (AvgIpc) is 1.60. The lowest BCUT2D eigenvalue weighted by Gasteiger charge is -2.38. The normalized spacial score (nSPS) is 17.1. The Hall–Kier alpha value is -11.4. The van der Waals surface area contributed by atoms with E-state index in [0.29, 0.717) is 176 Å². The third-order valence-corrected chi connectivity index (χ3v) is 31.7. The van der Waals surface area contributed by atoms with E-state index in [2.05, 4.69) is 80.8 Å². The highest BCUT2D eigenvalue weighted by Gasteiger charge is 2.44. The van der Waals surface area contributed by atoms with Gasteiger partial charge in [0, 0.05) is 85.9 Å². The number of likely N-dealkylation sites (tertiary alicyclic amines) is 2. The number of anilines is 2. The predicted molar refractivity (Wildman–Crippen MR) is 492 cm³/mol. The second-order valence-electron chi connectivity index (χ2n) is 32.9. The second-order valence-corrected chi connectivity index (χ2v) is 42.6. The molecule has 0 saturated carbocycles. The van der Waals surface area contributed by atoms with Crippen LogP contribution in [0.2, 0.25) is 18.1 Å². The van der Waals surface area contributed by atoms with Crippen LogP contribution in [-0.2, 0) is 36.3 Å². The number of carbonyl (C=O) groups excluding carboxylic acids is 8. The van der Waals surface area contributed by atoms with E-state index < -0.39 is 54.4 Å². The first-order chi connectivity index (χ1) is 61.7. The number of nitrogens with one attached hydrogen (secondary N) is 2. The number of nitro groups is 2. The minimum absolute atomic E-state index is 0.01000. The van der Waals surface area contributed by atoms with Crippen molar-refractivity contribution in [2.75, 3.05) is 130 Å². The molecule has 4 aromatic carbocycles. The van der Waals surface area contributed by atoms with Crippen LogP contribution in [0.25, 0.3) is 0 Å². The molecule has 0 unspecified atom stereocenters. The molecule has 0 radical (unpaired) electrons. The van der Waals surface area contributed by atoms with Crippen molar-refractivity contribution in [1.29, 1.82) is 0 Å². The fraction of sp³-hybridized carbons (Fsp3) is 0.444. The number of unbranched alkanes of at least 4 members (excludes halogenated alkanes) is 4. The predicted octanol–water partition coefficient (Wildman–Crippen LogP) is 15.6. The molecular weight excluding hydrogens is 1760 g/mol. The van der Waals surface area contributed by atoms with Crippen LogP contribution in [0.3, 0.4) is 0 Å². The third-order valence-electron chi connectivity index (χ3n) is 22.7. The third kappa shape index (κ3) is 25.4. The van der Waals surface area contributed by atoms with Crippen LogP contribution in [0.1, 0.15) is 138 Å². The van der Waals surface area contributed by atoms with E-state index in [9.17, 15) is 63.7 Å². The number of fused-ring (bicyclic) bond motifs is 4. The standard InChI is InChI=1S/C48H61N5O12S2Si.C42H47N5O12S2/c1-30-19-34(29-65-68(8,9)48(3,4)5)51(27-30)46(56)36-24-41(61-7)43(25-37(36)50-47(57)64-17-18-66-67-44-14-13-33(26-49-44)53(58)59)63-16-12-10-11-15-62-42-22-32-21-39(54)38-20-31(2)28-52(38)45(55)35(32)23-40(42)60-6;1-25-14-29(24-48)45(22-25)41(51)31-19-36(56-4)38(20-32(31)44-42(52)59-12-13-60-61-39-9-8-28(21-43-39)47(53)54)58-11-7-5-6-10-57-37-17-27-16-34(49)33-15-26(2)23-46(33)40(50)30(27)18-35(37)55-3/h13-14,22-26,34,38H,1-2,10-12,15-21,27-29H2,3-9H3,(H,50,57);8-9,17-21,29,33,48H,1-2,5-7,10-16,22-24H2,3-4H3,(H,44,52)/t34-,38-;29-,33-/m00/s1. The lowest BCUT2D eigenvalue weighted by atomic mass is 9.99. The number of aliphatic hydroxyl groups is 1. The molecule has 6 amide bonds. The van der Waals surface area contributed by atoms with Crippen LogP contribution in [-0.4, -0.2) is 243 Å². The zero-order valence-corrected chi connectivity index (χ0v) is 77.9. The summed E-state index contributed by atoms with van der Waals surface area (Å²) in [6.45, 7) is 29.6. The minimum Gasteiger partial charge on any atom is -0.493 e. The Morgan fingerprint density at radius 1 is 0.512 bits per heavy atom. The topological polar surface area (TPSA) is 407 Å². The number of ether oxygens (including phenoxy) is 10. The first kappa shape index (κ1) is 98.2. The molecule has 34 nitrogen and oxygen atoms in total. The van der Waals surface area contributed by atoms with Crippen molar-refractivity contribution in [2.24, 2.45) is 0 Å². The molecule has 4 saturated heterocycles. The maximum absolute atomic E-state index is 14.5. The molecule has 6 aliphatic heterocycles. The van der Waals surface area contributed by atoms with E-state index in [1.165, 1.54) is 119 Å². The number of nitrogens with zero attached hydrogens (tertiary/aromatic N) is 8. The first-order valence-electron chi connectivity index (χ1n) is 42.0. The number of Topliss-reactive ketones (excluding diaryl/α,β-unsaturated/α-hetero) is 2. The summed E-state index contributed by atoms with van der Waals surface area (Å²) in [7, 11) is 9.05. The summed E-state index contributed by atoms with van der Waals surface area (Å²) in [6, 6.07) is 16.9.